The molecule has 1 unspecified atom stereocenters. The first-order valence-corrected chi connectivity index (χ1v) is 5.53. The van der Waals surface area contributed by atoms with Crippen LogP contribution in [0.5, 0.6) is 0 Å². The Bertz CT molecular complexity index is 394. The van der Waals surface area contributed by atoms with E-state index in [4.69, 9.17) is 10.5 Å². The number of amides is 1. The number of carbonyl (C=O) groups is 1. The van der Waals surface area contributed by atoms with Gasteiger partial charge in [0.1, 0.15) is 12.4 Å². The quantitative estimate of drug-likeness (QED) is 0.842. The molecule has 2 N–H and O–H groups in total. The summed E-state index contributed by atoms with van der Waals surface area (Å²) in [6.45, 7) is 1.67. The van der Waals surface area contributed by atoms with Crippen molar-refractivity contribution < 1.29 is 13.9 Å². The van der Waals surface area contributed by atoms with E-state index in [9.17, 15) is 9.18 Å². The second-order valence-electron chi connectivity index (χ2n) is 4.05. The molecule has 1 fully saturated rings. The molecule has 1 heterocycles. The van der Waals surface area contributed by atoms with E-state index in [2.05, 4.69) is 0 Å². The summed E-state index contributed by atoms with van der Waals surface area (Å²) in [5.74, 6) is -0.336. The Morgan fingerprint density at radius 2 is 2.12 bits per heavy atom. The zero-order valence-electron chi connectivity index (χ0n) is 9.43. The monoisotopic (exact) mass is 238 g/mol. The molecule has 0 bridgehead atoms. The summed E-state index contributed by atoms with van der Waals surface area (Å²) in [6, 6.07) is 5.74. The van der Waals surface area contributed by atoms with Crippen LogP contribution in [0.4, 0.5) is 4.39 Å². The number of benzene rings is 1. The molecular formula is C12H15FN2O2. The number of carbonyl (C=O) groups excluding carboxylic acids is 1. The summed E-state index contributed by atoms with van der Waals surface area (Å²) in [4.78, 5) is 13.2. The fourth-order valence-corrected chi connectivity index (χ4v) is 1.80. The molecular weight excluding hydrogens is 223 g/mol. The largest absolute Gasteiger partial charge is 0.370 e. The van der Waals surface area contributed by atoms with Gasteiger partial charge in [-0.2, -0.15) is 0 Å². The van der Waals surface area contributed by atoms with Crippen LogP contribution in [-0.2, 0) is 9.53 Å². The van der Waals surface area contributed by atoms with Crippen LogP contribution in [-0.4, -0.2) is 37.1 Å². The molecule has 0 radical (unpaired) electrons. The molecule has 0 spiro atoms. The highest BCUT2D eigenvalue weighted by molar-refractivity contribution is 5.78. The third kappa shape index (κ3) is 3.01. The smallest absolute Gasteiger partial charge is 0.248 e. The summed E-state index contributed by atoms with van der Waals surface area (Å²) < 4.78 is 17.8. The summed E-state index contributed by atoms with van der Waals surface area (Å²) in [5.41, 5.74) is 6.81. The maximum absolute atomic E-state index is 12.7. The molecule has 92 valence electrons. The lowest BCUT2D eigenvalue weighted by Gasteiger charge is -2.29. The first-order valence-electron chi connectivity index (χ1n) is 5.53. The molecule has 2 rings (SSSR count). The molecule has 1 amide bonds. The lowest BCUT2D eigenvalue weighted by atomic mass is 10.1. The van der Waals surface area contributed by atoms with Crippen molar-refractivity contribution in [3.8, 4) is 0 Å². The van der Waals surface area contributed by atoms with Crippen molar-refractivity contribution in [2.75, 3.05) is 26.3 Å². The highest BCUT2D eigenvalue weighted by atomic mass is 19.1. The number of nitrogens with zero attached hydrogens (tertiary/aromatic N) is 1. The van der Waals surface area contributed by atoms with Crippen molar-refractivity contribution in [1.29, 1.82) is 0 Å². The minimum Gasteiger partial charge on any atom is -0.370 e. The number of rotatable bonds is 3. The van der Waals surface area contributed by atoms with Crippen LogP contribution < -0.4 is 5.73 Å². The Balaban J connectivity index is 1.98. The Labute approximate surface area is 99.2 Å². The minimum absolute atomic E-state index is 0.0474. The van der Waals surface area contributed by atoms with E-state index in [1.54, 1.807) is 17.0 Å². The molecule has 1 aliphatic heterocycles. The number of hydrogen-bond donors (Lipinski definition) is 1. The Morgan fingerprint density at radius 3 is 2.76 bits per heavy atom. The Kier molecular flexibility index (Phi) is 3.71. The van der Waals surface area contributed by atoms with Gasteiger partial charge in [0.2, 0.25) is 5.91 Å². The van der Waals surface area contributed by atoms with Gasteiger partial charge in [0.15, 0.2) is 0 Å². The maximum Gasteiger partial charge on any atom is 0.248 e. The van der Waals surface area contributed by atoms with Crippen LogP contribution in [0.15, 0.2) is 24.3 Å². The predicted octanol–water partition coefficient (Wildman–Crippen LogP) is 0.684. The topological polar surface area (TPSA) is 55.6 Å². The average Bonchev–Trinajstić information content (AvgIpc) is 2.33. The van der Waals surface area contributed by atoms with Crippen molar-refractivity contribution in [3.05, 3.63) is 35.6 Å². The third-order valence-corrected chi connectivity index (χ3v) is 2.80. The molecule has 0 aliphatic carbocycles. The van der Waals surface area contributed by atoms with Crippen molar-refractivity contribution >= 4 is 5.91 Å². The molecule has 1 aliphatic rings. The zero-order chi connectivity index (χ0) is 12.3. The second kappa shape index (κ2) is 5.25. The average molecular weight is 238 g/mol. The van der Waals surface area contributed by atoms with Gasteiger partial charge in [0.05, 0.1) is 6.61 Å². The van der Waals surface area contributed by atoms with E-state index in [-0.39, 0.29) is 24.4 Å². The number of nitrogens with two attached hydrogens (primary N) is 1. The Hall–Kier alpha value is -1.46. The van der Waals surface area contributed by atoms with E-state index in [0.717, 1.165) is 5.56 Å². The van der Waals surface area contributed by atoms with E-state index in [1.165, 1.54) is 12.1 Å². The van der Waals surface area contributed by atoms with Crippen molar-refractivity contribution in [2.45, 2.75) is 6.04 Å². The van der Waals surface area contributed by atoms with Gasteiger partial charge in [-0.1, -0.05) is 12.1 Å². The van der Waals surface area contributed by atoms with Crippen molar-refractivity contribution in [3.63, 3.8) is 0 Å². The fourth-order valence-electron chi connectivity index (χ4n) is 1.80. The van der Waals surface area contributed by atoms with E-state index in [0.29, 0.717) is 19.7 Å². The zero-order valence-corrected chi connectivity index (χ0v) is 9.43. The molecule has 1 aromatic carbocycles. The summed E-state index contributed by atoms with van der Waals surface area (Å²) in [5, 5.41) is 0. The molecule has 17 heavy (non-hydrogen) atoms. The van der Waals surface area contributed by atoms with Crippen LogP contribution in [0.1, 0.15) is 11.6 Å². The number of hydrogen-bond acceptors (Lipinski definition) is 3. The third-order valence-electron chi connectivity index (χ3n) is 2.80. The van der Waals surface area contributed by atoms with Gasteiger partial charge in [-0.25, -0.2) is 4.39 Å². The molecule has 4 nitrogen and oxygen atoms in total. The molecule has 5 heteroatoms. The van der Waals surface area contributed by atoms with Gasteiger partial charge in [0.25, 0.3) is 0 Å². The predicted molar refractivity (Wildman–Crippen MR) is 60.7 cm³/mol. The second-order valence-corrected chi connectivity index (χ2v) is 4.05. The van der Waals surface area contributed by atoms with Gasteiger partial charge >= 0.3 is 0 Å². The van der Waals surface area contributed by atoms with Crippen molar-refractivity contribution in [2.24, 2.45) is 5.73 Å². The normalized spacial score (nSPS) is 18.2. The van der Waals surface area contributed by atoms with E-state index in [1.807, 2.05) is 0 Å². The van der Waals surface area contributed by atoms with E-state index >= 15 is 0 Å². The SMILES string of the molecule is NC(CN1CCOCC1=O)c1ccc(F)cc1. The maximum atomic E-state index is 12.7. The van der Waals surface area contributed by atoms with Gasteiger partial charge in [0, 0.05) is 19.1 Å². The first-order chi connectivity index (χ1) is 8.16. The first kappa shape index (κ1) is 12.0. The highest BCUT2D eigenvalue weighted by Crippen LogP contribution is 2.13. The highest BCUT2D eigenvalue weighted by Gasteiger charge is 2.21. The van der Waals surface area contributed by atoms with Crippen LogP contribution in [0, 0.1) is 5.82 Å². The van der Waals surface area contributed by atoms with Crippen molar-refractivity contribution in [1.82, 2.24) is 4.90 Å². The van der Waals surface area contributed by atoms with Crippen LogP contribution in [0.2, 0.25) is 0 Å². The van der Waals surface area contributed by atoms with Crippen LogP contribution >= 0.6 is 0 Å². The summed E-state index contributed by atoms with van der Waals surface area (Å²) >= 11 is 0. The number of morpholine rings is 1. The Morgan fingerprint density at radius 1 is 1.41 bits per heavy atom. The molecule has 1 atom stereocenters. The van der Waals surface area contributed by atoms with Gasteiger partial charge in [-0.3, -0.25) is 4.79 Å². The summed E-state index contributed by atoms with van der Waals surface area (Å²) in [7, 11) is 0. The fraction of sp³-hybridized carbons (Fsp3) is 0.417. The van der Waals surface area contributed by atoms with E-state index < -0.39 is 0 Å². The van der Waals surface area contributed by atoms with Gasteiger partial charge in [-0.15, -0.1) is 0 Å². The number of ether oxygens (including phenoxy) is 1. The molecule has 1 saturated heterocycles. The lowest BCUT2D eigenvalue weighted by molar-refractivity contribution is -0.142. The number of halogens is 1. The van der Waals surface area contributed by atoms with Gasteiger partial charge < -0.3 is 15.4 Å². The molecule has 1 aromatic rings. The lowest BCUT2D eigenvalue weighted by Crippen LogP contribution is -2.44. The van der Waals surface area contributed by atoms with Crippen LogP contribution in [0.25, 0.3) is 0 Å². The molecule has 0 aromatic heterocycles. The van der Waals surface area contributed by atoms with Gasteiger partial charge in [-0.05, 0) is 17.7 Å². The minimum atomic E-state index is -0.294. The summed E-state index contributed by atoms with van der Waals surface area (Å²) in [6.07, 6.45) is 0. The standard InChI is InChI=1S/C12H15FN2O2/c13-10-3-1-9(2-4-10)11(14)7-15-5-6-17-8-12(15)16/h1-4,11H,5-8,14H2. The molecule has 0 saturated carbocycles. The van der Waals surface area contributed by atoms with Crippen LogP contribution in [0.3, 0.4) is 0 Å².